The van der Waals surface area contributed by atoms with Gasteiger partial charge in [0.2, 0.25) is 0 Å². The number of ether oxygens (including phenoxy) is 1. The minimum absolute atomic E-state index is 0.0765. The molecule has 1 aliphatic carbocycles. The van der Waals surface area contributed by atoms with Crippen LogP contribution in [0.4, 0.5) is 5.00 Å². The van der Waals surface area contributed by atoms with Crippen molar-refractivity contribution in [3.8, 4) is 5.75 Å². The Balaban J connectivity index is 1.82. The summed E-state index contributed by atoms with van der Waals surface area (Å²) in [5.41, 5.74) is 7.60. The van der Waals surface area contributed by atoms with Crippen molar-refractivity contribution in [3.63, 3.8) is 0 Å². The first-order valence-electron chi connectivity index (χ1n) is 8.87. The van der Waals surface area contributed by atoms with Gasteiger partial charge >= 0.3 is 0 Å². The third kappa shape index (κ3) is 3.90. The van der Waals surface area contributed by atoms with E-state index in [1.165, 1.54) is 11.3 Å². The van der Waals surface area contributed by atoms with E-state index in [0.717, 1.165) is 35.5 Å². The number of hydrogen-bond donors (Lipinski definition) is 2. The van der Waals surface area contributed by atoms with Crippen molar-refractivity contribution in [2.75, 3.05) is 5.32 Å². The van der Waals surface area contributed by atoms with Crippen LogP contribution in [-0.2, 0) is 12.8 Å². The quantitative estimate of drug-likeness (QED) is 0.832. The number of amides is 2. The summed E-state index contributed by atoms with van der Waals surface area (Å²) in [7, 11) is 0. The Hall–Kier alpha value is -2.34. The minimum atomic E-state index is -0.479. The second kappa shape index (κ2) is 7.50. The molecule has 2 aromatic rings. The van der Waals surface area contributed by atoms with E-state index < -0.39 is 5.91 Å². The van der Waals surface area contributed by atoms with Crippen molar-refractivity contribution in [2.24, 2.45) is 11.7 Å². The molecule has 0 bridgehead atoms. The number of rotatable bonds is 5. The smallest absolute Gasteiger partial charge is 0.256 e. The highest BCUT2D eigenvalue weighted by atomic mass is 32.1. The van der Waals surface area contributed by atoms with E-state index in [2.05, 4.69) is 12.2 Å². The summed E-state index contributed by atoms with van der Waals surface area (Å²) in [6.07, 6.45) is 2.88. The Morgan fingerprint density at radius 3 is 2.58 bits per heavy atom. The largest absolute Gasteiger partial charge is 0.491 e. The molecular weight excluding hydrogens is 348 g/mol. The van der Waals surface area contributed by atoms with Crippen LogP contribution in [0, 0.1) is 5.92 Å². The van der Waals surface area contributed by atoms with Gasteiger partial charge in [-0.3, -0.25) is 9.59 Å². The molecule has 0 radical (unpaired) electrons. The number of thiophene rings is 1. The van der Waals surface area contributed by atoms with E-state index in [-0.39, 0.29) is 12.0 Å². The van der Waals surface area contributed by atoms with Gasteiger partial charge in [0.25, 0.3) is 11.8 Å². The third-order valence-corrected chi connectivity index (χ3v) is 5.64. The lowest BCUT2D eigenvalue weighted by Gasteiger charge is -2.18. The molecule has 0 aliphatic heterocycles. The van der Waals surface area contributed by atoms with E-state index in [1.54, 1.807) is 24.3 Å². The summed E-state index contributed by atoms with van der Waals surface area (Å²) in [6.45, 7) is 6.10. The molecule has 0 fully saturated rings. The number of nitrogens with two attached hydrogens (primary N) is 1. The average Bonchev–Trinajstić information content (AvgIpc) is 2.91. The first kappa shape index (κ1) is 18.5. The molecule has 5 nitrogen and oxygen atoms in total. The maximum atomic E-state index is 12.6. The molecule has 1 aromatic carbocycles. The van der Waals surface area contributed by atoms with E-state index in [9.17, 15) is 9.59 Å². The van der Waals surface area contributed by atoms with Gasteiger partial charge in [0.15, 0.2) is 0 Å². The maximum absolute atomic E-state index is 12.6. The fourth-order valence-electron chi connectivity index (χ4n) is 3.23. The van der Waals surface area contributed by atoms with Gasteiger partial charge in [0.1, 0.15) is 10.8 Å². The molecule has 3 N–H and O–H groups in total. The molecule has 1 aliphatic rings. The summed E-state index contributed by atoms with van der Waals surface area (Å²) < 4.78 is 5.59. The highest BCUT2D eigenvalue weighted by Gasteiger charge is 2.27. The molecule has 6 heteroatoms. The second-order valence-corrected chi connectivity index (χ2v) is 8.17. The molecule has 138 valence electrons. The fraction of sp³-hybridized carbons (Fsp3) is 0.400. The first-order chi connectivity index (χ1) is 12.3. The molecule has 3 rings (SSSR count). The van der Waals surface area contributed by atoms with Crippen molar-refractivity contribution >= 4 is 28.2 Å². The highest BCUT2D eigenvalue weighted by Crippen LogP contribution is 2.39. The van der Waals surface area contributed by atoms with Crippen molar-refractivity contribution in [2.45, 2.75) is 46.1 Å². The summed E-state index contributed by atoms with van der Waals surface area (Å²) in [5.74, 6) is 0.567. The minimum Gasteiger partial charge on any atom is -0.491 e. The van der Waals surface area contributed by atoms with Crippen molar-refractivity contribution in [3.05, 3.63) is 45.8 Å². The van der Waals surface area contributed by atoms with Crippen LogP contribution < -0.4 is 15.8 Å². The van der Waals surface area contributed by atoms with Gasteiger partial charge < -0.3 is 15.8 Å². The molecule has 0 spiro atoms. The average molecular weight is 372 g/mol. The summed E-state index contributed by atoms with van der Waals surface area (Å²) >= 11 is 1.47. The van der Waals surface area contributed by atoms with Crippen LogP contribution in [-0.4, -0.2) is 17.9 Å². The lowest BCUT2D eigenvalue weighted by atomic mass is 9.88. The third-order valence-electron chi connectivity index (χ3n) is 4.47. The Labute approximate surface area is 157 Å². The molecule has 1 atom stereocenters. The maximum Gasteiger partial charge on any atom is 0.256 e. The van der Waals surface area contributed by atoms with Crippen LogP contribution in [0.3, 0.4) is 0 Å². The summed E-state index contributed by atoms with van der Waals surface area (Å²) in [4.78, 5) is 25.7. The highest BCUT2D eigenvalue weighted by molar-refractivity contribution is 7.17. The van der Waals surface area contributed by atoms with Gasteiger partial charge in [0.05, 0.1) is 11.7 Å². The van der Waals surface area contributed by atoms with Gasteiger partial charge in [0, 0.05) is 10.4 Å². The van der Waals surface area contributed by atoms with Gasteiger partial charge in [-0.1, -0.05) is 6.92 Å². The number of primary amides is 1. The molecule has 0 saturated heterocycles. The number of carbonyl (C=O) groups excluding carboxylic acids is 2. The second-order valence-electron chi connectivity index (χ2n) is 7.07. The lowest BCUT2D eigenvalue weighted by Crippen LogP contribution is -2.19. The number of hydrogen-bond acceptors (Lipinski definition) is 4. The Morgan fingerprint density at radius 1 is 1.27 bits per heavy atom. The van der Waals surface area contributed by atoms with E-state index >= 15 is 0 Å². The van der Waals surface area contributed by atoms with Gasteiger partial charge in [-0.25, -0.2) is 0 Å². The topological polar surface area (TPSA) is 81.4 Å². The molecule has 1 heterocycles. The standard InChI is InChI=1S/C20H24N2O3S/c1-11(2)25-14-7-5-13(6-8-14)19(24)22-20-17(18(21)23)15-9-4-12(3)10-16(15)26-20/h5-8,11-12H,4,9-10H2,1-3H3,(H2,21,23)(H,22,24)/t12-/m0/s1. The van der Waals surface area contributed by atoms with Crippen molar-refractivity contribution in [1.82, 2.24) is 0 Å². The SMILES string of the molecule is CC(C)Oc1ccc(C(=O)Nc2sc3c(c2C(N)=O)CC[C@H](C)C3)cc1. The summed E-state index contributed by atoms with van der Waals surface area (Å²) in [5, 5.41) is 3.44. The number of anilines is 1. The zero-order valence-electron chi connectivity index (χ0n) is 15.3. The lowest BCUT2D eigenvalue weighted by molar-refractivity contribution is 0.1000. The Kier molecular flexibility index (Phi) is 5.32. The van der Waals surface area contributed by atoms with E-state index in [0.29, 0.717) is 22.0 Å². The van der Waals surface area contributed by atoms with E-state index in [1.807, 2.05) is 13.8 Å². The molecule has 2 amide bonds. The van der Waals surface area contributed by atoms with Crippen molar-refractivity contribution in [1.29, 1.82) is 0 Å². The van der Waals surface area contributed by atoms with Crippen LogP contribution in [0.2, 0.25) is 0 Å². The van der Waals surface area contributed by atoms with Crippen LogP contribution in [0.25, 0.3) is 0 Å². The van der Waals surface area contributed by atoms with Crippen LogP contribution in [0.5, 0.6) is 5.75 Å². The number of fused-ring (bicyclic) bond motifs is 1. The van der Waals surface area contributed by atoms with Crippen LogP contribution in [0.15, 0.2) is 24.3 Å². The Morgan fingerprint density at radius 2 is 1.96 bits per heavy atom. The monoisotopic (exact) mass is 372 g/mol. The van der Waals surface area contributed by atoms with Gasteiger partial charge in [-0.15, -0.1) is 11.3 Å². The predicted octanol–water partition coefficient (Wildman–Crippen LogP) is 4.01. The zero-order valence-corrected chi connectivity index (χ0v) is 16.1. The molecule has 26 heavy (non-hydrogen) atoms. The number of carbonyl (C=O) groups is 2. The number of benzene rings is 1. The predicted molar refractivity (Wildman–Crippen MR) is 104 cm³/mol. The normalized spacial score (nSPS) is 16.2. The zero-order chi connectivity index (χ0) is 18.8. The first-order valence-corrected chi connectivity index (χ1v) is 9.69. The Bertz CT molecular complexity index is 824. The van der Waals surface area contributed by atoms with Gasteiger partial charge in [-0.2, -0.15) is 0 Å². The van der Waals surface area contributed by atoms with Crippen LogP contribution >= 0.6 is 11.3 Å². The number of nitrogens with one attached hydrogen (secondary N) is 1. The molecule has 1 aromatic heterocycles. The fourth-order valence-corrected chi connectivity index (χ4v) is 4.64. The molecule has 0 saturated carbocycles. The van der Waals surface area contributed by atoms with Gasteiger partial charge in [-0.05, 0) is 68.9 Å². The summed E-state index contributed by atoms with van der Waals surface area (Å²) in [6, 6.07) is 6.97. The van der Waals surface area contributed by atoms with Crippen molar-refractivity contribution < 1.29 is 14.3 Å². The molecular formula is C20H24N2O3S. The molecule has 0 unspecified atom stereocenters. The van der Waals surface area contributed by atoms with E-state index in [4.69, 9.17) is 10.5 Å². The van der Waals surface area contributed by atoms with Crippen LogP contribution in [0.1, 0.15) is 58.3 Å².